The molecule has 0 saturated carbocycles. The Labute approximate surface area is 128 Å². The summed E-state index contributed by atoms with van der Waals surface area (Å²) in [6, 6.07) is 9.45. The van der Waals surface area contributed by atoms with Gasteiger partial charge in [0.15, 0.2) is 0 Å². The molecule has 3 atom stereocenters. The molecule has 1 saturated heterocycles. The lowest BCUT2D eigenvalue weighted by Crippen LogP contribution is -2.50. The van der Waals surface area contributed by atoms with E-state index in [0.29, 0.717) is 18.1 Å². The molecule has 1 aromatic rings. The Hall–Kier alpha value is -0.900. The van der Waals surface area contributed by atoms with E-state index < -0.39 is 0 Å². The van der Waals surface area contributed by atoms with Crippen molar-refractivity contribution in [1.82, 2.24) is 10.2 Å². The lowest BCUT2D eigenvalue weighted by molar-refractivity contribution is -0.0399. The molecule has 3 unspecified atom stereocenters. The summed E-state index contributed by atoms with van der Waals surface area (Å²) in [5.74, 6) is 0.684. The molecule has 0 bridgehead atoms. The van der Waals surface area contributed by atoms with Crippen molar-refractivity contribution in [3.05, 3.63) is 35.4 Å². The summed E-state index contributed by atoms with van der Waals surface area (Å²) in [4.78, 5) is 2.38. The minimum Gasteiger partial charge on any atom is -0.374 e. The van der Waals surface area contributed by atoms with Gasteiger partial charge in [0.1, 0.15) is 0 Å². The SMILES string of the molecule is CNC(CC1CCCc2ccccc21)C1CN(C)CCO1. The van der Waals surface area contributed by atoms with Gasteiger partial charge in [-0.05, 0) is 56.8 Å². The third-order valence-corrected chi connectivity index (χ3v) is 5.15. The van der Waals surface area contributed by atoms with Crippen molar-refractivity contribution in [3.63, 3.8) is 0 Å². The zero-order valence-electron chi connectivity index (χ0n) is 13.3. The molecular formula is C18H28N2O. The predicted octanol–water partition coefficient (Wildman–Crippen LogP) is 2.42. The van der Waals surface area contributed by atoms with Crippen LogP contribution in [0.1, 0.15) is 36.3 Å². The second-order valence-corrected chi connectivity index (χ2v) is 6.59. The molecule has 1 aromatic carbocycles. The van der Waals surface area contributed by atoms with Crippen molar-refractivity contribution in [2.75, 3.05) is 33.8 Å². The molecule has 3 heteroatoms. The Morgan fingerprint density at radius 2 is 2.24 bits per heavy atom. The maximum Gasteiger partial charge on any atom is 0.0855 e. The highest BCUT2D eigenvalue weighted by atomic mass is 16.5. The molecule has 1 fully saturated rings. The second kappa shape index (κ2) is 6.91. The Bertz CT molecular complexity index is 462. The molecule has 1 aliphatic carbocycles. The van der Waals surface area contributed by atoms with Gasteiger partial charge < -0.3 is 15.0 Å². The van der Waals surface area contributed by atoms with Crippen molar-refractivity contribution in [2.24, 2.45) is 0 Å². The first-order chi connectivity index (χ1) is 10.3. The van der Waals surface area contributed by atoms with Crippen LogP contribution in [-0.4, -0.2) is 50.8 Å². The standard InChI is InChI=1S/C18H28N2O/c1-19-17(18-13-20(2)10-11-21-18)12-15-8-5-7-14-6-3-4-9-16(14)15/h3-4,6,9,15,17-19H,5,7-8,10-13H2,1-2H3. The van der Waals surface area contributed by atoms with E-state index in [4.69, 9.17) is 4.74 Å². The first-order valence-electron chi connectivity index (χ1n) is 8.33. The van der Waals surface area contributed by atoms with Gasteiger partial charge in [-0.3, -0.25) is 0 Å². The molecule has 3 rings (SSSR count). The largest absolute Gasteiger partial charge is 0.374 e. The number of ether oxygens (including phenoxy) is 1. The maximum atomic E-state index is 6.03. The monoisotopic (exact) mass is 288 g/mol. The summed E-state index contributed by atoms with van der Waals surface area (Å²) < 4.78 is 6.03. The highest BCUT2D eigenvalue weighted by molar-refractivity contribution is 5.32. The van der Waals surface area contributed by atoms with E-state index in [9.17, 15) is 0 Å². The smallest absolute Gasteiger partial charge is 0.0855 e. The number of aryl methyl sites for hydroxylation is 1. The van der Waals surface area contributed by atoms with Crippen molar-refractivity contribution in [3.8, 4) is 0 Å². The zero-order valence-corrected chi connectivity index (χ0v) is 13.3. The van der Waals surface area contributed by atoms with Crippen LogP contribution in [-0.2, 0) is 11.2 Å². The maximum absolute atomic E-state index is 6.03. The first kappa shape index (κ1) is 15.0. The molecule has 1 heterocycles. The van der Waals surface area contributed by atoms with Crippen LogP contribution >= 0.6 is 0 Å². The third kappa shape index (κ3) is 3.47. The van der Waals surface area contributed by atoms with Crippen molar-refractivity contribution in [2.45, 2.75) is 43.7 Å². The van der Waals surface area contributed by atoms with Crippen molar-refractivity contribution >= 4 is 0 Å². The number of likely N-dealkylation sites (N-methyl/N-ethyl adjacent to an activating group) is 2. The molecule has 0 radical (unpaired) electrons. The topological polar surface area (TPSA) is 24.5 Å². The van der Waals surface area contributed by atoms with E-state index in [2.05, 4.69) is 48.6 Å². The number of benzene rings is 1. The molecule has 21 heavy (non-hydrogen) atoms. The van der Waals surface area contributed by atoms with Crippen LogP contribution in [0.15, 0.2) is 24.3 Å². The lowest BCUT2D eigenvalue weighted by atomic mass is 9.79. The van der Waals surface area contributed by atoms with E-state index in [1.54, 1.807) is 11.1 Å². The van der Waals surface area contributed by atoms with Gasteiger partial charge in [0.05, 0.1) is 12.7 Å². The van der Waals surface area contributed by atoms with Crippen LogP contribution in [0.4, 0.5) is 0 Å². The van der Waals surface area contributed by atoms with Crippen LogP contribution in [0.25, 0.3) is 0 Å². The quantitative estimate of drug-likeness (QED) is 0.921. The highest BCUT2D eigenvalue weighted by Crippen LogP contribution is 2.35. The lowest BCUT2D eigenvalue weighted by Gasteiger charge is -2.37. The normalized spacial score (nSPS) is 28.1. The molecule has 116 valence electrons. The Kier molecular flexibility index (Phi) is 4.94. The van der Waals surface area contributed by atoms with Crippen LogP contribution in [0.5, 0.6) is 0 Å². The summed E-state index contributed by atoms with van der Waals surface area (Å²) in [6.07, 6.45) is 5.40. The van der Waals surface area contributed by atoms with Gasteiger partial charge in [0, 0.05) is 19.1 Å². The fraction of sp³-hybridized carbons (Fsp3) is 0.667. The first-order valence-corrected chi connectivity index (χ1v) is 8.33. The van der Waals surface area contributed by atoms with Crippen molar-refractivity contribution in [1.29, 1.82) is 0 Å². The Morgan fingerprint density at radius 1 is 1.38 bits per heavy atom. The zero-order chi connectivity index (χ0) is 14.7. The van der Waals surface area contributed by atoms with Crippen LogP contribution in [0.2, 0.25) is 0 Å². The van der Waals surface area contributed by atoms with Gasteiger partial charge >= 0.3 is 0 Å². The predicted molar refractivity (Wildman–Crippen MR) is 86.8 cm³/mol. The molecule has 1 N–H and O–H groups in total. The minimum atomic E-state index is 0.322. The summed E-state index contributed by atoms with van der Waals surface area (Å²) in [5.41, 5.74) is 3.14. The summed E-state index contributed by atoms with van der Waals surface area (Å²) in [7, 11) is 4.27. The van der Waals surface area contributed by atoms with Gasteiger partial charge in [0.25, 0.3) is 0 Å². The van der Waals surface area contributed by atoms with Gasteiger partial charge in [-0.25, -0.2) is 0 Å². The number of nitrogens with zero attached hydrogens (tertiary/aromatic N) is 1. The van der Waals surface area contributed by atoms with E-state index in [1.807, 2.05) is 0 Å². The summed E-state index contributed by atoms with van der Waals surface area (Å²) >= 11 is 0. The molecule has 0 amide bonds. The number of nitrogens with one attached hydrogen (secondary N) is 1. The fourth-order valence-corrected chi connectivity index (χ4v) is 3.92. The number of rotatable bonds is 4. The number of hydrogen-bond donors (Lipinski definition) is 1. The van der Waals surface area contributed by atoms with Gasteiger partial charge in [0.2, 0.25) is 0 Å². The number of hydrogen-bond acceptors (Lipinski definition) is 3. The molecule has 2 aliphatic rings. The van der Waals surface area contributed by atoms with Crippen LogP contribution in [0.3, 0.4) is 0 Å². The second-order valence-electron chi connectivity index (χ2n) is 6.59. The van der Waals surface area contributed by atoms with Gasteiger partial charge in [-0.1, -0.05) is 24.3 Å². The summed E-state index contributed by atoms with van der Waals surface area (Å²) in [6.45, 7) is 2.96. The van der Waals surface area contributed by atoms with Crippen molar-refractivity contribution < 1.29 is 4.74 Å². The fourth-order valence-electron chi connectivity index (χ4n) is 3.92. The van der Waals surface area contributed by atoms with Gasteiger partial charge in [-0.2, -0.15) is 0 Å². The average Bonchev–Trinajstić information content (AvgIpc) is 2.52. The van der Waals surface area contributed by atoms with E-state index >= 15 is 0 Å². The number of morpholine rings is 1. The molecule has 1 aliphatic heterocycles. The molecule has 3 nitrogen and oxygen atoms in total. The summed E-state index contributed by atoms with van der Waals surface area (Å²) in [5, 5.41) is 3.52. The minimum absolute atomic E-state index is 0.322. The molecule has 0 spiro atoms. The van der Waals surface area contributed by atoms with E-state index in [0.717, 1.165) is 19.7 Å². The Morgan fingerprint density at radius 3 is 3.05 bits per heavy atom. The highest BCUT2D eigenvalue weighted by Gasteiger charge is 2.30. The van der Waals surface area contributed by atoms with E-state index in [-0.39, 0.29) is 0 Å². The van der Waals surface area contributed by atoms with Gasteiger partial charge in [-0.15, -0.1) is 0 Å². The molecular weight excluding hydrogens is 260 g/mol. The van der Waals surface area contributed by atoms with Crippen LogP contribution in [0, 0.1) is 0 Å². The van der Waals surface area contributed by atoms with E-state index in [1.165, 1.54) is 25.7 Å². The molecule has 0 aromatic heterocycles. The Balaban J connectivity index is 1.70. The third-order valence-electron chi connectivity index (χ3n) is 5.15. The van der Waals surface area contributed by atoms with Crippen LogP contribution < -0.4 is 5.32 Å². The number of fused-ring (bicyclic) bond motifs is 1. The average molecular weight is 288 g/mol.